The van der Waals surface area contributed by atoms with Gasteiger partial charge in [0.15, 0.2) is 0 Å². The van der Waals surface area contributed by atoms with Gasteiger partial charge in [-0.15, -0.1) is 5.10 Å². The predicted molar refractivity (Wildman–Crippen MR) is 63.1 cm³/mol. The van der Waals surface area contributed by atoms with E-state index in [0.717, 1.165) is 5.75 Å². The minimum atomic E-state index is -0.949. The summed E-state index contributed by atoms with van der Waals surface area (Å²) in [4.78, 5) is 10.8. The number of carboxylic acids is 1. The molecule has 0 saturated carbocycles. The first-order valence-electron chi connectivity index (χ1n) is 5.48. The minimum Gasteiger partial charge on any atom is -0.487 e. The van der Waals surface area contributed by atoms with Crippen LogP contribution in [0, 0.1) is 0 Å². The van der Waals surface area contributed by atoms with Gasteiger partial charge >= 0.3 is 5.97 Å². The van der Waals surface area contributed by atoms with Crippen molar-refractivity contribution in [2.75, 3.05) is 0 Å². The molecule has 0 aliphatic rings. The predicted octanol–water partition coefficient (Wildman–Crippen LogP) is 1.50. The average molecular weight is 247 g/mol. The van der Waals surface area contributed by atoms with Crippen molar-refractivity contribution in [2.45, 2.75) is 19.6 Å². The molecule has 0 unspecified atom stereocenters. The first kappa shape index (κ1) is 12.1. The fourth-order valence-corrected chi connectivity index (χ4v) is 1.36. The van der Waals surface area contributed by atoms with E-state index >= 15 is 0 Å². The van der Waals surface area contributed by atoms with E-state index in [-0.39, 0.29) is 6.61 Å². The summed E-state index contributed by atoms with van der Waals surface area (Å²) < 4.78 is 6.78. The van der Waals surface area contributed by atoms with E-state index in [1.807, 2.05) is 30.3 Å². The lowest BCUT2D eigenvalue weighted by molar-refractivity contribution is -0.140. The van der Waals surface area contributed by atoms with Gasteiger partial charge in [-0.05, 0) is 19.1 Å². The molecule has 94 valence electrons. The summed E-state index contributed by atoms with van der Waals surface area (Å²) in [7, 11) is 0. The van der Waals surface area contributed by atoms with E-state index in [0.29, 0.717) is 5.69 Å². The van der Waals surface area contributed by atoms with Crippen LogP contribution in [0.1, 0.15) is 18.7 Å². The molecule has 1 N–H and O–H groups in total. The molecule has 0 radical (unpaired) electrons. The molecule has 0 bridgehead atoms. The zero-order valence-electron chi connectivity index (χ0n) is 9.85. The molecule has 18 heavy (non-hydrogen) atoms. The SMILES string of the molecule is C[C@H](C(=O)O)n1cc(COc2ccccc2)nn1. The molecule has 1 aromatic heterocycles. The lowest BCUT2D eigenvalue weighted by Gasteiger charge is -2.04. The Labute approximate surface area is 104 Å². The summed E-state index contributed by atoms with van der Waals surface area (Å²) in [5.74, 6) is -0.214. The minimum absolute atomic E-state index is 0.260. The highest BCUT2D eigenvalue weighted by atomic mass is 16.5. The molecule has 6 nitrogen and oxygen atoms in total. The largest absolute Gasteiger partial charge is 0.487 e. The number of rotatable bonds is 5. The van der Waals surface area contributed by atoms with Gasteiger partial charge in [0.2, 0.25) is 0 Å². The number of carbonyl (C=O) groups is 1. The van der Waals surface area contributed by atoms with E-state index in [4.69, 9.17) is 9.84 Å². The van der Waals surface area contributed by atoms with Gasteiger partial charge in [-0.1, -0.05) is 23.4 Å². The van der Waals surface area contributed by atoms with Crippen LogP contribution < -0.4 is 4.74 Å². The average Bonchev–Trinajstić information content (AvgIpc) is 2.85. The number of hydrogen-bond acceptors (Lipinski definition) is 4. The van der Waals surface area contributed by atoms with Crippen molar-refractivity contribution in [3.05, 3.63) is 42.2 Å². The zero-order valence-corrected chi connectivity index (χ0v) is 9.85. The molecule has 6 heteroatoms. The zero-order chi connectivity index (χ0) is 13.0. The van der Waals surface area contributed by atoms with E-state index in [2.05, 4.69) is 10.3 Å². The van der Waals surface area contributed by atoms with Gasteiger partial charge < -0.3 is 9.84 Å². The number of aromatic nitrogens is 3. The third-order valence-corrected chi connectivity index (χ3v) is 2.44. The van der Waals surface area contributed by atoms with Crippen LogP contribution in [0.15, 0.2) is 36.5 Å². The second kappa shape index (κ2) is 5.31. The smallest absolute Gasteiger partial charge is 0.328 e. The number of hydrogen-bond donors (Lipinski definition) is 1. The topological polar surface area (TPSA) is 77.2 Å². The summed E-state index contributed by atoms with van der Waals surface area (Å²) in [5, 5.41) is 16.4. The van der Waals surface area contributed by atoms with Gasteiger partial charge in [0.1, 0.15) is 24.1 Å². The molecule has 0 amide bonds. The van der Waals surface area contributed by atoms with Gasteiger partial charge in [0.05, 0.1) is 6.20 Å². The maximum absolute atomic E-state index is 10.8. The van der Waals surface area contributed by atoms with Crippen LogP contribution in [0.5, 0.6) is 5.75 Å². The highest BCUT2D eigenvalue weighted by molar-refractivity contribution is 5.71. The second-order valence-electron chi connectivity index (χ2n) is 3.81. The van der Waals surface area contributed by atoms with Crippen molar-refractivity contribution >= 4 is 5.97 Å². The Kier molecular flexibility index (Phi) is 3.57. The summed E-state index contributed by atoms with van der Waals surface area (Å²) in [6.07, 6.45) is 1.57. The lowest BCUT2D eigenvalue weighted by atomic mass is 10.3. The van der Waals surface area contributed by atoms with Crippen molar-refractivity contribution in [1.82, 2.24) is 15.0 Å². The van der Waals surface area contributed by atoms with E-state index in [1.54, 1.807) is 13.1 Å². The molecule has 0 aliphatic heterocycles. The Morgan fingerprint density at radius 2 is 2.17 bits per heavy atom. The van der Waals surface area contributed by atoms with Crippen molar-refractivity contribution in [3.8, 4) is 5.75 Å². The highest BCUT2D eigenvalue weighted by Gasteiger charge is 2.15. The van der Waals surface area contributed by atoms with Crippen LogP contribution in [0.2, 0.25) is 0 Å². The molecule has 0 fully saturated rings. The summed E-state index contributed by atoms with van der Waals surface area (Å²) in [6.45, 7) is 1.80. The van der Waals surface area contributed by atoms with Crippen LogP contribution in [0.4, 0.5) is 0 Å². The first-order chi connectivity index (χ1) is 8.66. The van der Waals surface area contributed by atoms with Crippen LogP contribution in [0.3, 0.4) is 0 Å². The van der Waals surface area contributed by atoms with E-state index in [9.17, 15) is 4.79 Å². The maximum atomic E-state index is 10.8. The van der Waals surface area contributed by atoms with Crippen LogP contribution in [-0.4, -0.2) is 26.1 Å². The molecule has 1 aromatic carbocycles. The number of ether oxygens (including phenoxy) is 1. The summed E-state index contributed by atoms with van der Waals surface area (Å²) >= 11 is 0. The third kappa shape index (κ3) is 2.85. The molecule has 2 aromatic rings. The molecule has 1 heterocycles. The Bertz CT molecular complexity index is 524. The van der Waals surface area contributed by atoms with Crippen molar-refractivity contribution in [3.63, 3.8) is 0 Å². The summed E-state index contributed by atoms with van der Waals surface area (Å²) in [6, 6.07) is 8.59. The normalized spacial score (nSPS) is 12.1. The van der Waals surface area contributed by atoms with E-state index < -0.39 is 12.0 Å². The molecular formula is C12H13N3O3. The Balaban J connectivity index is 1.97. The maximum Gasteiger partial charge on any atom is 0.328 e. The fraction of sp³-hybridized carbons (Fsp3) is 0.250. The Hall–Kier alpha value is -2.37. The van der Waals surface area contributed by atoms with E-state index in [1.165, 1.54) is 4.68 Å². The quantitative estimate of drug-likeness (QED) is 0.866. The van der Waals surface area contributed by atoms with Crippen molar-refractivity contribution in [2.24, 2.45) is 0 Å². The molecule has 2 rings (SSSR count). The molecular weight excluding hydrogens is 234 g/mol. The fourth-order valence-electron chi connectivity index (χ4n) is 1.36. The monoisotopic (exact) mass is 247 g/mol. The highest BCUT2D eigenvalue weighted by Crippen LogP contribution is 2.11. The van der Waals surface area contributed by atoms with Crippen LogP contribution >= 0.6 is 0 Å². The van der Waals surface area contributed by atoms with Crippen molar-refractivity contribution in [1.29, 1.82) is 0 Å². The number of para-hydroxylation sites is 1. The molecule has 0 spiro atoms. The van der Waals surface area contributed by atoms with Gasteiger partial charge in [-0.2, -0.15) is 0 Å². The lowest BCUT2D eigenvalue weighted by Crippen LogP contribution is -2.15. The standard InChI is InChI=1S/C12H13N3O3/c1-9(12(16)17)15-7-10(13-14-15)8-18-11-5-3-2-4-6-11/h2-7,9H,8H2,1H3,(H,16,17)/t9-/m1/s1. The molecule has 1 atom stereocenters. The number of benzene rings is 1. The summed E-state index contributed by atoms with van der Waals surface area (Å²) in [5.41, 5.74) is 0.590. The molecule has 0 aliphatic carbocycles. The van der Waals surface area contributed by atoms with Gasteiger partial charge in [0, 0.05) is 0 Å². The Morgan fingerprint density at radius 3 is 2.83 bits per heavy atom. The van der Waals surface area contributed by atoms with Crippen LogP contribution in [-0.2, 0) is 11.4 Å². The molecule has 0 saturated heterocycles. The van der Waals surface area contributed by atoms with Gasteiger partial charge in [-0.25, -0.2) is 9.48 Å². The van der Waals surface area contributed by atoms with Gasteiger partial charge in [0.25, 0.3) is 0 Å². The number of nitrogens with zero attached hydrogens (tertiary/aromatic N) is 3. The first-order valence-corrected chi connectivity index (χ1v) is 5.48. The van der Waals surface area contributed by atoms with Crippen LogP contribution in [0.25, 0.3) is 0 Å². The van der Waals surface area contributed by atoms with Crippen molar-refractivity contribution < 1.29 is 14.6 Å². The Morgan fingerprint density at radius 1 is 1.44 bits per heavy atom. The van der Waals surface area contributed by atoms with Gasteiger partial charge in [-0.3, -0.25) is 0 Å². The second-order valence-corrected chi connectivity index (χ2v) is 3.81. The number of aliphatic carboxylic acids is 1. The number of carboxylic acid groups (broad SMARTS) is 1. The third-order valence-electron chi connectivity index (χ3n) is 2.44.